The van der Waals surface area contributed by atoms with Crippen molar-refractivity contribution in [2.24, 2.45) is 11.8 Å². The van der Waals surface area contributed by atoms with E-state index in [0.29, 0.717) is 6.04 Å². The second-order valence-electron chi connectivity index (χ2n) is 5.90. The van der Waals surface area contributed by atoms with Crippen molar-refractivity contribution in [3.05, 3.63) is 10.2 Å². The van der Waals surface area contributed by atoms with E-state index < -0.39 is 0 Å². The van der Waals surface area contributed by atoms with Crippen molar-refractivity contribution in [1.82, 2.24) is 9.78 Å². The maximum Gasteiger partial charge on any atom is 0.136 e. The van der Waals surface area contributed by atoms with Crippen molar-refractivity contribution >= 4 is 21.7 Å². The highest BCUT2D eigenvalue weighted by Gasteiger charge is 2.24. The lowest BCUT2D eigenvalue weighted by Gasteiger charge is -2.19. The monoisotopic (exact) mass is 313 g/mol. The highest BCUT2D eigenvalue weighted by Crippen LogP contribution is 2.36. The largest absolute Gasteiger partial charge is 0.383 e. The molecule has 3 nitrogen and oxygen atoms in total. The van der Waals surface area contributed by atoms with Crippen LogP contribution in [0.3, 0.4) is 0 Å². The van der Waals surface area contributed by atoms with Gasteiger partial charge in [-0.25, -0.2) is 4.68 Å². The fraction of sp³-hybridized carbons (Fsp3) is 0.786. The zero-order valence-electron chi connectivity index (χ0n) is 11.6. The maximum absolute atomic E-state index is 6.13. The maximum atomic E-state index is 6.13. The molecule has 0 bridgehead atoms. The standard InChI is InChI=1S/C14H24BrN3/c1-9(2)11-5-4-6-12(8-7-11)18-14(16)13(15)10(3)17-18/h9,11-12H,4-8,16H2,1-3H3. The summed E-state index contributed by atoms with van der Waals surface area (Å²) in [5.41, 5.74) is 7.13. The highest BCUT2D eigenvalue weighted by molar-refractivity contribution is 9.10. The SMILES string of the molecule is Cc1nn(C2CCCC(C(C)C)CC2)c(N)c1Br. The molecule has 1 heterocycles. The van der Waals surface area contributed by atoms with Crippen LogP contribution in [0.5, 0.6) is 0 Å². The van der Waals surface area contributed by atoms with Crippen LogP contribution >= 0.6 is 15.9 Å². The normalized spacial score (nSPS) is 25.4. The van der Waals surface area contributed by atoms with Gasteiger partial charge in [0.15, 0.2) is 0 Å². The molecule has 2 N–H and O–H groups in total. The molecule has 0 amide bonds. The lowest BCUT2D eigenvalue weighted by atomic mass is 9.89. The molecular weight excluding hydrogens is 290 g/mol. The fourth-order valence-corrected chi connectivity index (χ4v) is 3.31. The van der Waals surface area contributed by atoms with E-state index in [2.05, 4.69) is 34.9 Å². The van der Waals surface area contributed by atoms with Crippen LogP contribution in [0.1, 0.15) is 57.7 Å². The fourth-order valence-electron chi connectivity index (χ4n) is 3.05. The molecule has 1 saturated carbocycles. The Morgan fingerprint density at radius 3 is 2.56 bits per heavy atom. The minimum Gasteiger partial charge on any atom is -0.383 e. The molecule has 1 aromatic heterocycles. The van der Waals surface area contributed by atoms with Crippen LogP contribution in [0.2, 0.25) is 0 Å². The zero-order chi connectivity index (χ0) is 13.3. The Morgan fingerprint density at radius 2 is 2.00 bits per heavy atom. The molecule has 0 aliphatic heterocycles. The molecule has 0 spiro atoms. The number of halogens is 1. The summed E-state index contributed by atoms with van der Waals surface area (Å²) in [6.07, 6.45) is 6.37. The first-order valence-electron chi connectivity index (χ1n) is 7.00. The number of nitrogen functional groups attached to an aromatic ring is 1. The first kappa shape index (κ1) is 13.9. The van der Waals surface area contributed by atoms with Crippen molar-refractivity contribution in [2.45, 2.75) is 58.9 Å². The summed E-state index contributed by atoms with van der Waals surface area (Å²) >= 11 is 3.51. The van der Waals surface area contributed by atoms with Gasteiger partial charge < -0.3 is 5.73 Å². The Bertz CT molecular complexity index is 411. The predicted octanol–water partition coefficient (Wildman–Crippen LogP) is 4.31. The van der Waals surface area contributed by atoms with Gasteiger partial charge in [-0.2, -0.15) is 5.10 Å². The van der Waals surface area contributed by atoms with Gasteiger partial charge in [-0.1, -0.05) is 26.7 Å². The van der Waals surface area contributed by atoms with E-state index in [9.17, 15) is 0 Å². The van der Waals surface area contributed by atoms with Crippen LogP contribution in [0, 0.1) is 18.8 Å². The topological polar surface area (TPSA) is 43.8 Å². The molecule has 1 aromatic rings. The Balaban J connectivity index is 2.12. The number of nitrogens with zero attached hydrogens (tertiary/aromatic N) is 2. The average molecular weight is 314 g/mol. The number of rotatable bonds is 2. The molecule has 2 atom stereocenters. The van der Waals surface area contributed by atoms with Gasteiger partial charge in [0.05, 0.1) is 16.2 Å². The highest BCUT2D eigenvalue weighted by atomic mass is 79.9. The second-order valence-corrected chi connectivity index (χ2v) is 6.69. The molecular formula is C14H24BrN3. The third-order valence-corrected chi connectivity index (χ3v) is 5.30. The minimum atomic E-state index is 0.485. The quantitative estimate of drug-likeness (QED) is 0.827. The summed E-state index contributed by atoms with van der Waals surface area (Å²) in [6, 6.07) is 0.485. The lowest BCUT2D eigenvalue weighted by Crippen LogP contribution is -2.13. The van der Waals surface area contributed by atoms with Crippen LogP contribution in [0.4, 0.5) is 5.82 Å². The third kappa shape index (κ3) is 2.73. The summed E-state index contributed by atoms with van der Waals surface area (Å²) < 4.78 is 3.01. The van der Waals surface area contributed by atoms with Crippen molar-refractivity contribution in [3.63, 3.8) is 0 Å². The third-order valence-electron chi connectivity index (χ3n) is 4.32. The minimum absolute atomic E-state index is 0.485. The number of anilines is 1. The Morgan fingerprint density at radius 1 is 1.28 bits per heavy atom. The summed E-state index contributed by atoms with van der Waals surface area (Å²) in [5, 5.41) is 4.59. The first-order valence-corrected chi connectivity index (χ1v) is 7.80. The van der Waals surface area contributed by atoms with E-state index in [-0.39, 0.29) is 0 Å². The molecule has 0 radical (unpaired) electrons. The molecule has 0 saturated heterocycles. The summed E-state index contributed by atoms with van der Waals surface area (Å²) in [6.45, 7) is 6.69. The molecule has 102 valence electrons. The number of nitrogens with two attached hydrogens (primary N) is 1. The van der Waals surface area contributed by atoms with Gasteiger partial charge in [0.2, 0.25) is 0 Å². The van der Waals surface area contributed by atoms with Gasteiger partial charge in [-0.3, -0.25) is 0 Å². The van der Waals surface area contributed by atoms with E-state index in [1.165, 1.54) is 32.1 Å². The van der Waals surface area contributed by atoms with Crippen LogP contribution in [-0.2, 0) is 0 Å². The van der Waals surface area contributed by atoms with Crippen LogP contribution in [0.25, 0.3) is 0 Å². The average Bonchev–Trinajstić information content (AvgIpc) is 2.57. The smallest absolute Gasteiger partial charge is 0.136 e. The Labute approximate surface area is 118 Å². The molecule has 2 unspecified atom stereocenters. The van der Waals surface area contributed by atoms with E-state index in [1.54, 1.807) is 0 Å². The molecule has 1 aliphatic rings. The molecule has 1 fully saturated rings. The van der Waals surface area contributed by atoms with Gasteiger partial charge >= 0.3 is 0 Å². The van der Waals surface area contributed by atoms with Crippen LogP contribution < -0.4 is 5.73 Å². The Kier molecular flexibility index (Phi) is 4.36. The van der Waals surface area contributed by atoms with Gasteiger partial charge in [-0.15, -0.1) is 0 Å². The van der Waals surface area contributed by atoms with Crippen molar-refractivity contribution in [2.75, 3.05) is 5.73 Å². The summed E-state index contributed by atoms with van der Waals surface area (Å²) in [4.78, 5) is 0. The zero-order valence-corrected chi connectivity index (χ0v) is 13.2. The van der Waals surface area contributed by atoms with Crippen LogP contribution in [0.15, 0.2) is 4.47 Å². The van der Waals surface area contributed by atoms with E-state index >= 15 is 0 Å². The van der Waals surface area contributed by atoms with Crippen LogP contribution in [-0.4, -0.2) is 9.78 Å². The van der Waals surface area contributed by atoms with E-state index in [1.807, 2.05) is 11.6 Å². The van der Waals surface area contributed by atoms with Gasteiger partial charge in [0, 0.05) is 0 Å². The number of hydrogen-bond donors (Lipinski definition) is 1. The second kappa shape index (κ2) is 5.64. The van der Waals surface area contributed by atoms with Gasteiger partial charge in [-0.05, 0) is 54.0 Å². The van der Waals surface area contributed by atoms with Crippen molar-refractivity contribution in [1.29, 1.82) is 0 Å². The summed E-state index contributed by atoms with van der Waals surface area (Å²) in [5.74, 6) is 2.46. The van der Waals surface area contributed by atoms with Crippen molar-refractivity contribution < 1.29 is 0 Å². The molecule has 4 heteroatoms. The molecule has 0 aromatic carbocycles. The molecule has 2 rings (SSSR count). The van der Waals surface area contributed by atoms with Crippen molar-refractivity contribution in [3.8, 4) is 0 Å². The lowest BCUT2D eigenvalue weighted by molar-refractivity contribution is 0.332. The van der Waals surface area contributed by atoms with Gasteiger partial charge in [0.25, 0.3) is 0 Å². The number of aromatic nitrogens is 2. The first-order chi connectivity index (χ1) is 8.50. The summed E-state index contributed by atoms with van der Waals surface area (Å²) in [7, 11) is 0. The predicted molar refractivity (Wildman–Crippen MR) is 79.5 cm³/mol. The Hall–Kier alpha value is -0.510. The van der Waals surface area contributed by atoms with E-state index in [0.717, 1.165) is 27.8 Å². The van der Waals surface area contributed by atoms with E-state index in [4.69, 9.17) is 5.73 Å². The molecule has 1 aliphatic carbocycles. The number of aryl methyl sites for hydroxylation is 1. The number of hydrogen-bond acceptors (Lipinski definition) is 2. The van der Waals surface area contributed by atoms with Gasteiger partial charge in [0.1, 0.15) is 5.82 Å². The molecule has 18 heavy (non-hydrogen) atoms.